The zero-order chi connectivity index (χ0) is 13.9. The van der Waals surface area contributed by atoms with Gasteiger partial charge in [-0.05, 0) is 42.7 Å². The van der Waals surface area contributed by atoms with Gasteiger partial charge in [0, 0.05) is 22.5 Å². The van der Waals surface area contributed by atoms with Gasteiger partial charge in [0.15, 0.2) is 0 Å². The largest absolute Gasteiger partial charge is 0.265 e. The number of thioether (sulfide) groups is 1. The van der Waals surface area contributed by atoms with Crippen LogP contribution in [0.25, 0.3) is 0 Å². The van der Waals surface area contributed by atoms with Crippen molar-refractivity contribution < 1.29 is 0 Å². The number of nitrogens with zero attached hydrogens (tertiary/aromatic N) is 2. The molecule has 0 spiro atoms. The maximum atomic E-state index is 9.35. The molecule has 102 valence electrons. The molecule has 1 aliphatic carbocycles. The van der Waals surface area contributed by atoms with Gasteiger partial charge in [0.2, 0.25) is 0 Å². The van der Waals surface area contributed by atoms with E-state index in [4.69, 9.17) is 0 Å². The van der Waals surface area contributed by atoms with E-state index in [-0.39, 0.29) is 5.92 Å². The molecule has 0 N–H and O–H groups in total. The van der Waals surface area contributed by atoms with Gasteiger partial charge < -0.3 is 0 Å². The van der Waals surface area contributed by atoms with Crippen molar-refractivity contribution in [1.29, 1.82) is 5.26 Å². The highest BCUT2D eigenvalue weighted by atomic mass is 32.2. The van der Waals surface area contributed by atoms with Crippen LogP contribution in [-0.2, 0) is 0 Å². The van der Waals surface area contributed by atoms with Crippen LogP contribution in [0.4, 0.5) is 0 Å². The molecule has 19 heavy (non-hydrogen) atoms. The highest BCUT2D eigenvalue weighted by Gasteiger charge is 2.36. The second-order valence-electron chi connectivity index (χ2n) is 6.45. The average molecular weight is 274 g/mol. The number of nitriles is 1. The molecule has 0 bridgehead atoms. The maximum Gasteiger partial charge on any atom is 0.0667 e. The number of hydrogen-bond donors (Lipinski definition) is 0. The van der Waals surface area contributed by atoms with E-state index in [2.05, 4.69) is 31.8 Å². The van der Waals surface area contributed by atoms with Gasteiger partial charge in [-0.3, -0.25) is 4.98 Å². The SMILES string of the molecule is CC(C)(C)C1CCC(C#N)C(Sc2ccncc2)C1. The molecule has 3 heteroatoms. The lowest BCUT2D eigenvalue weighted by Crippen LogP contribution is -2.32. The highest BCUT2D eigenvalue weighted by Crippen LogP contribution is 2.45. The fraction of sp³-hybridized carbons (Fsp3) is 0.625. The van der Waals surface area contributed by atoms with E-state index >= 15 is 0 Å². The Morgan fingerprint density at radius 3 is 2.53 bits per heavy atom. The first-order chi connectivity index (χ1) is 9.00. The van der Waals surface area contributed by atoms with E-state index in [9.17, 15) is 5.26 Å². The third-order valence-electron chi connectivity index (χ3n) is 4.12. The van der Waals surface area contributed by atoms with Crippen LogP contribution in [0.3, 0.4) is 0 Å². The Kier molecular flexibility index (Phi) is 4.52. The zero-order valence-corrected chi connectivity index (χ0v) is 12.8. The van der Waals surface area contributed by atoms with Crippen molar-refractivity contribution >= 4 is 11.8 Å². The van der Waals surface area contributed by atoms with Gasteiger partial charge in [-0.2, -0.15) is 5.26 Å². The third-order valence-corrected chi connectivity index (χ3v) is 5.49. The summed E-state index contributed by atoms with van der Waals surface area (Å²) in [5, 5.41) is 9.77. The molecule has 1 fully saturated rings. The summed E-state index contributed by atoms with van der Waals surface area (Å²) in [4.78, 5) is 5.28. The summed E-state index contributed by atoms with van der Waals surface area (Å²) in [5.74, 6) is 0.910. The highest BCUT2D eigenvalue weighted by molar-refractivity contribution is 8.00. The van der Waals surface area contributed by atoms with Gasteiger partial charge in [0.1, 0.15) is 0 Å². The minimum Gasteiger partial charge on any atom is -0.265 e. The van der Waals surface area contributed by atoms with Gasteiger partial charge in [0.05, 0.1) is 12.0 Å². The van der Waals surface area contributed by atoms with Crippen LogP contribution in [0.15, 0.2) is 29.4 Å². The fourth-order valence-electron chi connectivity index (χ4n) is 2.79. The molecule has 0 aromatic carbocycles. The quantitative estimate of drug-likeness (QED) is 0.795. The van der Waals surface area contributed by atoms with Crippen LogP contribution >= 0.6 is 11.8 Å². The molecule has 0 saturated heterocycles. The summed E-state index contributed by atoms with van der Waals surface area (Å²) in [7, 11) is 0. The van der Waals surface area contributed by atoms with Crippen LogP contribution in [-0.4, -0.2) is 10.2 Å². The van der Waals surface area contributed by atoms with Crippen LogP contribution in [0.5, 0.6) is 0 Å². The van der Waals surface area contributed by atoms with Gasteiger partial charge in [-0.15, -0.1) is 11.8 Å². The lowest BCUT2D eigenvalue weighted by molar-refractivity contribution is 0.169. The van der Waals surface area contributed by atoms with Crippen molar-refractivity contribution in [2.45, 2.75) is 50.2 Å². The van der Waals surface area contributed by atoms with Crippen LogP contribution in [0, 0.1) is 28.6 Å². The Morgan fingerprint density at radius 2 is 1.95 bits per heavy atom. The number of pyridine rings is 1. The van der Waals surface area contributed by atoms with Gasteiger partial charge in [-0.25, -0.2) is 0 Å². The second kappa shape index (κ2) is 5.96. The smallest absolute Gasteiger partial charge is 0.0667 e. The van der Waals surface area contributed by atoms with Crippen LogP contribution < -0.4 is 0 Å². The first kappa shape index (κ1) is 14.4. The van der Waals surface area contributed by atoms with Crippen molar-refractivity contribution in [3.8, 4) is 6.07 Å². The van der Waals surface area contributed by atoms with Gasteiger partial charge in [-0.1, -0.05) is 20.8 Å². The van der Waals surface area contributed by atoms with Gasteiger partial charge in [0.25, 0.3) is 0 Å². The molecule has 1 aliphatic rings. The van der Waals surface area contributed by atoms with Crippen LogP contribution in [0.2, 0.25) is 0 Å². The third kappa shape index (κ3) is 3.73. The lowest BCUT2D eigenvalue weighted by Gasteiger charge is -2.39. The van der Waals surface area contributed by atoms with E-state index in [1.165, 1.54) is 11.3 Å². The van der Waals surface area contributed by atoms with E-state index in [0.29, 0.717) is 10.7 Å². The van der Waals surface area contributed by atoms with E-state index in [1.807, 2.05) is 36.3 Å². The molecular weight excluding hydrogens is 252 g/mol. The minimum absolute atomic E-state index is 0.191. The van der Waals surface area contributed by atoms with Crippen LogP contribution in [0.1, 0.15) is 40.0 Å². The van der Waals surface area contributed by atoms with Crippen molar-refractivity contribution in [1.82, 2.24) is 4.98 Å². The predicted molar refractivity (Wildman–Crippen MR) is 79.8 cm³/mol. The summed E-state index contributed by atoms with van der Waals surface area (Å²) in [6.45, 7) is 6.95. The fourth-order valence-corrected chi connectivity index (χ4v) is 4.10. The maximum absolute atomic E-state index is 9.35. The molecule has 1 aromatic heterocycles. The molecule has 0 aliphatic heterocycles. The second-order valence-corrected chi connectivity index (χ2v) is 7.76. The molecule has 1 saturated carbocycles. The average Bonchev–Trinajstić information content (AvgIpc) is 2.39. The van der Waals surface area contributed by atoms with E-state index in [1.54, 1.807) is 0 Å². The first-order valence-electron chi connectivity index (χ1n) is 6.97. The topological polar surface area (TPSA) is 36.7 Å². The number of aromatic nitrogens is 1. The summed E-state index contributed by atoms with van der Waals surface area (Å²) < 4.78 is 0. The summed E-state index contributed by atoms with van der Waals surface area (Å²) in [6, 6.07) is 6.59. The molecule has 0 amide bonds. The Balaban J connectivity index is 2.09. The lowest BCUT2D eigenvalue weighted by atomic mass is 9.70. The Morgan fingerprint density at radius 1 is 1.26 bits per heavy atom. The Bertz CT molecular complexity index is 444. The molecule has 0 radical (unpaired) electrons. The first-order valence-corrected chi connectivity index (χ1v) is 7.85. The molecule has 2 rings (SSSR count). The molecule has 1 heterocycles. The van der Waals surface area contributed by atoms with E-state index in [0.717, 1.165) is 18.8 Å². The van der Waals surface area contributed by atoms with Crippen molar-refractivity contribution in [2.24, 2.45) is 17.3 Å². The minimum atomic E-state index is 0.191. The van der Waals surface area contributed by atoms with Crippen molar-refractivity contribution in [3.05, 3.63) is 24.5 Å². The molecular formula is C16H22N2S. The van der Waals surface area contributed by atoms with Crippen molar-refractivity contribution in [3.63, 3.8) is 0 Å². The predicted octanol–water partition coefficient (Wildman–Crippen LogP) is 4.53. The summed E-state index contributed by atoms with van der Waals surface area (Å²) in [6.07, 6.45) is 7.03. The molecule has 2 nitrogen and oxygen atoms in total. The molecule has 3 unspecified atom stereocenters. The summed E-state index contributed by atoms with van der Waals surface area (Å²) in [5.41, 5.74) is 0.345. The standard InChI is InChI=1S/C16H22N2S/c1-16(2,3)13-5-4-12(11-17)15(10-13)19-14-6-8-18-9-7-14/h6-9,12-13,15H,4-5,10H2,1-3H3. The molecule has 1 aromatic rings. The molecule has 3 atom stereocenters. The number of hydrogen-bond acceptors (Lipinski definition) is 3. The van der Waals surface area contributed by atoms with E-state index < -0.39 is 0 Å². The number of rotatable bonds is 2. The normalized spacial score (nSPS) is 27.8. The zero-order valence-electron chi connectivity index (χ0n) is 12.0. The Labute approximate surface area is 120 Å². The van der Waals surface area contributed by atoms with Crippen molar-refractivity contribution in [2.75, 3.05) is 0 Å². The summed E-state index contributed by atoms with van der Waals surface area (Å²) >= 11 is 1.85. The van der Waals surface area contributed by atoms with Gasteiger partial charge >= 0.3 is 0 Å². The monoisotopic (exact) mass is 274 g/mol. The Hall–Kier alpha value is -1.01.